The van der Waals surface area contributed by atoms with Gasteiger partial charge in [-0.1, -0.05) is 12.1 Å². The van der Waals surface area contributed by atoms with Crippen LogP contribution in [-0.2, 0) is 6.54 Å². The average Bonchev–Trinajstić information content (AvgIpc) is 2.92. The number of hydrogen-bond donors (Lipinski definition) is 1. The zero-order valence-corrected chi connectivity index (χ0v) is 11.7. The van der Waals surface area contributed by atoms with Gasteiger partial charge in [0, 0.05) is 18.3 Å². The van der Waals surface area contributed by atoms with Crippen molar-refractivity contribution in [3.63, 3.8) is 0 Å². The van der Waals surface area contributed by atoms with Crippen LogP contribution in [0.15, 0.2) is 36.4 Å². The molecule has 3 rings (SSSR count). The summed E-state index contributed by atoms with van der Waals surface area (Å²) in [5.41, 5.74) is 3.28. The van der Waals surface area contributed by atoms with E-state index in [1.54, 1.807) is 0 Å². The van der Waals surface area contributed by atoms with Crippen LogP contribution in [0, 0.1) is 6.92 Å². The van der Waals surface area contributed by atoms with E-state index >= 15 is 0 Å². The molecule has 1 N–H and O–H groups in total. The Balaban J connectivity index is 1.66. The Bertz CT molecular complexity index is 613. The molecule has 1 aliphatic rings. The van der Waals surface area contributed by atoms with Crippen molar-refractivity contribution in [2.45, 2.75) is 26.4 Å². The number of nitrogens with zero attached hydrogens (tertiary/aromatic N) is 1. The van der Waals surface area contributed by atoms with Crippen LogP contribution in [-0.4, -0.2) is 11.8 Å². The largest absolute Gasteiger partial charge is 0.454 e. The van der Waals surface area contributed by atoms with Crippen LogP contribution in [0.2, 0.25) is 0 Å². The number of aromatic nitrogens is 1. The number of benzene rings is 1. The summed E-state index contributed by atoms with van der Waals surface area (Å²) in [6.45, 7) is 5.20. The molecule has 1 aliphatic heterocycles. The first kappa shape index (κ1) is 12.9. The van der Waals surface area contributed by atoms with E-state index in [1.165, 1.54) is 5.56 Å². The second-order valence-corrected chi connectivity index (χ2v) is 4.99. The highest BCUT2D eigenvalue weighted by Gasteiger charge is 2.15. The molecule has 1 aromatic carbocycles. The standard InChI is InChI=1S/C16H18N2O2/c1-11-4-3-5-14(18-11)9-17-12(2)13-6-7-15-16(8-13)20-10-19-15/h3-8,12,17H,9-10H2,1-2H3. The van der Waals surface area contributed by atoms with E-state index in [1.807, 2.05) is 37.3 Å². The number of nitrogens with one attached hydrogen (secondary N) is 1. The second-order valence-electron chi connectivity index (χ2n) is 4.99. The number of aryl methyl sites for hydroxylation is 1. The van der Waals surface area contributed by atoms with Gasteiger partial charge in [0.1, 0.15) is 0 Å². The smallest absolute Gasteiger partial charge is 0.231 e. The van der Waals surface area contributed by atoms with Crippen LogP contribution < -0.4 is 14.8 Å². The number of hydrogen-bond acceptors (Lipinski definition) is 4. The molecule has 0 aliphatic carbocycles. The topological polar surface area (TPSA) is 43.4 Å². The van der Waals surface area contributed by atoms with Crippen LogP contribution in [0.1, 0.15) is 29.9 Å². The maximum Gasteiger partial charge on any atom is 0.231 e. The fourth-order valence-electron chi connectivity index (χ4n) is 2.26. The van der Waals surface area contributed by atoms with E-state index in [9.17, 15) is 0 Å². The lowest BCUT2D eigenvalue weighted by atomic mass is 10.1. The van der Waals surface area contributed by atoms with Gasteiger partial charge in [-0.3, -0.25) is 4.98 Å². The molecule has 1 unspecified atom stereocenters. The van der Waals surface area contributed by atoms with Crippen LogP contribution in [0.3, 0.4) is 0 Å². The van der Waals surface area contributed by atoms with E-state index in [2.05, 4.69) is 23.3 Å². The molecule has 0 fully saturated rings. The highest BCUT2D eigenvalue weighted by Crippen LogP contribution is 2.34. The fraction of sp³-hybridized carbons (Fsp3) is 0.312. The van der Waals surface area contributed by atoms with Crippen molar-refractivity contribution in [2.24, 2.45) is 0 Å². The number of ether oxygens (including phenoxy) is 2. The monoisotopic (exact) mass is 270 g/mol. The number of rotatable bonds is 4. The summed E-state index contributed by atoms with van der Waals surface area (Å²) in [4.78, 5) is 4.49. The van der Waals surface area contributed by atoms with Crippen molar-refractivity contribution in [2.75, 3.05) is 6.79 Å². The average molecular weight is 270 g/mol. The number of pyridine rings is 1. The highest BCUT2D eigenvalue weighted by molar-refractivity contribution is 5.45. The van der Waals surface area contributed by atoms with E-state index in [0.717, 1.165) is 29.4 Å². The van der Waals surface area contributed by atoms with Crippen LogP contribution in [0.4, 0.5) is 0 Å². The van der Waals surface area contributed by atoms with Gasteiger partial charge in [-0.2, -0.15) is 0 Å². The minimum atomic E-state index is 0.229. The van der Waals surface area contributed by atoms with Crippen LogP contribution >= 0.6 is 0 Å². The molecule has 2 heterocycles. The predicted molar refractivity (Wildman–Crippen MR) is 76.8 cm³/mol. The van der Waals surface area contributed by atoms with E-state index in [0.29, 0.717) is 6.79 Å². The van der Waals surface area contributed by atoms with E-state index < -0.39 is 0 Å². The summed E-state index contributed by atoms with van der Waals surface area (Å²) in [5, 5.41) is 3.47. The lowest BCUT2D eigenvalue weighted by Gasteiger charge is -2.14. The first-order valence-corrected chi connectivity index (χ1v) is 6.78. The molecule has 20 heavy (non-hydrogen) atoms. The molecule has 0 radical (unpaired) electrons. The first-order valence-electron chi connectivity index (χ1n) is 6.78. The van der Waals surface area contributed by atoms with Crippen LogP contribution in [0.25, 0.3) is 0 Å². The highest BCUT2D eigenvalue weighted by atomic mass is 16.7. The maximum absolute atomic E-state index is 5.41. The lowest BCUT2D eigenvalue weighted by Crippen LogP contribution is -2.18. The van der Waals surface area contributed by atoms with Crippen molar-refractivity contribution in [1.82, 2.24) is 10.3 Å². The van der Waals surface area contributed by atoms with Crippen molar-refractivity contribution in [3.8, 4) is 11.5 Å². The van der Waals surface area contributed by atoms with Crippen molar-refractivity contribution < 1.29 is 9.47 Å². The lowest BCUT2D eigenvalue weighted by molar-refractivity contribution is 0.174. The SMILES string of the molecule is Cc1cccc(CNC(C)c2ccc3c(c2)OCO3)n1. The summed E-state index contributed by atoms with van der Waals surface area (Å²) in [6.07, 6.45) is 0. The molecule has 0 bridgehead atoms. The van der Waals surface area contributed by atoms with Crippen molar-refractivity contribution in [1.29, 1.82) is 0 Å². The van der Waals surface area contributed by atoms with Gasteiger partial charge in [0.05, 0.1) is 5.69 Å². The molecule has 104 valence electrons. The summed E-state index contributed by atoms with van der Waals surface area (Å²) in [5.74, 6) is 1.64. The fourth-order valence-corrected chi connectivity index (χ4v) is 2.26. The maximum atomic E-state index is 5.41. The third-order valence-electron chi connectivity index (χ3n) is 3.43. The summed E-state index contributed by atoms with van der Waals surface area (Å²) >= 11 is 0. The van der Waals surface area contributed by atoms with Gasteiger partial charge in [0.15, 0.2) is 11.5 Å². The predicted octanol–water partition coefficient (Wildman–Crippen LogP) is 2.97. The molecule has 1 atom stereocenters. The number of fused-ring (bicyclic) bond motifs is 1. The van der Waals surface area contributed by atoms with Crippen molar-refractivity contribution >= 4 is 0 Å². The quantitative estimate of drug-likeness (QED) is 0.927. The Hall–Kier alpha value is -2.07. The minimum Gasteiger partial charge on any atom is -0.454 e. The van der Waals surface area contributed by atoms with Gasteiger partial charge in [-0.05, 0) is 43.7 Å². The van der Waals surface area contributed by atoms with E-state index in [-0.39, 0.29) is 6.04 Å². The minimum absolute atomic E-state index is 0.229. The molecule has 0 amide bonds. The summed E-state index contributed by atoms with van der Waals surface area (Å²) in [6, 6.07) is 12.4. The normalized spacial score (nSPS) is 14.3. The zero-order valence-electron chi connectivity index (χ0n) is 11.7. The summed E-state index contributed by atoms with van der Waals surface area (Å²) in [7, 11) is 0. The third kappa shape index (κ3) is 2.75. The molecule has 1 aromatic heterocycles. The Kier molecular flexibility index (Phi) is 3.56. The zero-order chi connectivity index (χ0) is 13.9. The van der Waals surface area contributed by atoms with Crippen molar-refractivity contribution in [3.05, 3.63) is 53.3 Å². The molecular formula is C16H18N2O2. The Morgan fingerprint density at radius 2 is 2.05 bits per heavy atom. The van der Waals surface area contributed by atoms with Gasteiger partial charge in [-0.25, -0.2) is 0 Å². The van der Waals surface area contributed by atoms with Gasteiger partial charge < -0.3 is 14.8 Å². The second kappa shape index (κ2) is 5.51. The Morgan fingerprint density at radius 3 is 2.90 bits per heavy atom. The Morgan fingerprint density at radius 1 is 1.20 bits per heavy atom. The van der Waals surface area contributed by atoms with Gasteiger partial charge in [-0.15, -0.1) is 0 Å². The molecule has 0 spiro atoms. The molecule has 4 nitrogen and oxygen atoms in total. The van der Waals surface area contributed by atoms with Gasteiger partial charge >= 0.3 is 0 Å². The molecule has 0 saturated heterocycles. The third-order valence-corrected chi connectivity index (χ3v) is 3.43. The van der Waals surface area contributed by atoms with Gasteiger partial charge in [0.2, 0.25) is 6.79 Å². The Labute approximate surface area is 118 Å². The molecular weight excluding hydrogens is 252 g/mol. The summed E-state index contributed by atoms with van der Waals surface area (Å²) < 4.78 is 10.7. The van der Waals surface area contributed by atoms with E-state index in [4.69, 9.17) is 9.47 Å². The molecule has 4 heteroatoms. The molecule has 0 saturated carbocycles. The van der Waals surface area contributed by atoms with Gasteiger partial charge in [0.25, 0.3) is 0 Å². The molecule has 2 aromatic rings. The first-order chi connectivity index (χ1) is 9.72. The van der Waals surface area contributed by atoms with Crippen LogP contribution in [0.5, 0.6) is 11.5 Å².